The predicted molar refractivity (Wildman–Crippen MR) is 141 cm³/mol. The SMILES string of the molecule is Cc1cc(NC2CCCC2)c2[nH]c([C@@H](Cc3ccccc3)NCCC3CCCCC3)cc2c1. The minimum absolute atomic E-state index is 0.308. The largest absolute Gasteiger partial charge is 0.381 e. The van der Waals surface area contributed by atoms with Gasteiger partial charge in [0.15, 0.2) is 0 Å². The Hall–Kier alpha value is -2.26. The highest BCUT2D eigenvalue weighted by Gasteiger charge is 2.20. The van der Waals surface area contributed by atoms with Gasteiger partial charge in [0.05, 0.1) is 17.2 Å². The summed E-state index contributed by atoms with van der Waals surface area (Å²) in [6, 6.07) is 18.9. The Morgan fingerprint density at radius 1 is 0.909 bits per heavy atom. The first-order chi connectivity index (χ1) is 16.2. The van der Waals surface area contributed by atoms with Gasteiger partial charge in [-0.25, -0.2) is 0 Å². The zero-order chi connectivity index (χ0) is 22.5. The number of rotatable bonds is 9. The van der Waals surface area contributed by atoms with Gasteiger partial charge in [-0.2, -0.15) is 0 Å². The van der Waals surface area contributed by atoms with Crippen LogP contribution in [0.4, 0.5) is 5.69 Å². The van der Waals surface area contributed by atoms with E-state index in [9.17, 15) is 0 Å². The van der Waals surface area contributed by atoms with Gasteiger partial charge in [0.1, 0.15) is 0 Å². The molecule has 0 radical (unpaired) electrons. The lowest BCUT2D eigenvalue weighted by Crippen LogP contribution is -2.26. The van der Waals surface area contributed by atoms with E-state index in [1.54, 1.807) is 0 Å². The van der Waals surface area contributed by atoms with Gasteiger partial charge in [-0.05, 0) is 74.4 Å². The molecule has 3 heteroatoms. The molecule has 1 aromatic heterocycles. The fraction of sp³-hybridized carbons (Fsp3) is 0.533. The van der Waals surface area contributed by atoms with Gasteiger partial charge >= 0.3 is 0 Å². The zero-order valence-corrected chi connectivity index (χ0v) is 20.3. The van der Waals surface area contributed by atoms with Crippen LogP contribution in [0.5, 0.6) is 0 Å². The molecule has 2 saturated carbocycles. The van der Waals surface area contributed by atoms with Crippen molar-refractivity contribution in [3.63, 3.8) is 0 Å². The molecule has 0 unspecified atom stereocenters. The number of H-pyrrole nitrogens is 1. The van der Waals surface area contributed by atoms with E-state index in [0.29, 0.717) is 12.1 Å². The molecule has 1 heterocycles. The van der Waals surface area contributed by atoms with Crippen molar-refractivity contribution in [3.8, 4) is 0 Å². The average molecular weight is 444 g/mol. The van der Waals surface area contributed by atoms with Gasteiger partial charge in [0.2, 0.25) is 0 Å². The van der Waals surface area contributed by atoms with Crippen molar-refractivity contribution in [1.82, 2.24) is 10.3 Å². The minimum atomic E-state index is 0.308. The molecule has 2 aliphatic carbocycles. The summed E-state index contributed by atoms with van der Waals surface area (Å²) >= 11 is 0. The first-order valence-electron chi connectivity index (χ1n) is 13.4. The Labute approximate surface area is 199 Å². The lowest BCUT2D eigenvalue weighted by Gasteiger charge is -2.24. The molecule has 2 aromatic carbocycles. The molecule has 2 aliphatic rings. The molecule has 3 nitrogen and oxygen atoms in total. The maximum absolute atomic E-state index is 3.95. The summed E-state index contributed by atoms with van der Waals surface area (Å²) in [7, 11) is 0. The van der Waals surface area contributed by atoms with Crippen molar-refractivity contribution in [2.24, 2.45) is 5.92 Å². The predicted octanol–water partition coefficient (Wildman–Crippen LogP) is 7.67. The number of benzene rings is 2. The van der Waals surface area contributed by atoms with Crippen LogP contribution >= 0.6 is 0 Å². The Morgan fingerprint density at radius 3 is 2.45 bits per heavy atom. The average Bonchev–Trinajstić information content (AvgIpc) is 3.50. The molecule has 176 valence electrons. The number of nitrogens with one attached hydrogen (secondary N) is 3. The van der Waals surface area contributed by atoms with E-state index in [1.165, 1.54) is 97.6 Å². The Kier molecular flexibility index (Phi) is 7.36. The summed E-state index contributed by atoms with van der Waals surface area (Å²) in [5.74, 6) is 0.913. The van der Waals surface area contributed by atoms with Crippen molar-refractivity contribution in [3.05, 3.63) is 65.4 Å². The second-order valence-corrected chi connectivity index (χ2v) is 10.6. The van der Waals surface area contributed by atoms with Gasteiger partial charge in [0, 0.05) is 17.1 Å². The van der Waals surface area contributed by atoms with Crippen LogP contribution in [0.1, 0.15) is 87.1 Å². The Morgan fingerprint density at radius 2 is 1.67 bits per heavy atom. The summed E-state index contributed by atoms with van der Waals surface area (Å²) in [5.41, 5.74) is 6.60. The van der Waals surface area contributed by atoms with Crippen molar-refractivity contribution in [2.75, 3.05) is 11.9 Å². The summed E-state index contributed by atoms with van der Waals surface area (Å²) in [6.45, 7) is 3.32. The number of hydrogen-bond acceptors (Lipinski definition) is 2. The molecule has 3 N–H and O–H groups in total. The van der Waals surface area contributed by atoms with Crippen molar-refractivity contribution < 1.29 is 0 Å². The highest BCUT2D eigenvalue weighted by Crippen LogP contribution is 2.32. The van der Waals surface area contributed by atoms with E-state index in [1.807, 2.05) is 0 Å². The Balaban J connectivity index is 1.37. The van der Waals surface area contributed by atoms with Crippen molar-refractivity contribution >= 4 is 16.6 Å². The van der Waals surface area contributed by atoms with Crippen LogP contribution in [0.3, 0.4) is 0 Å². The van der Waals surface area contributed by atoms with Crippen LogP contribution in [0, 0.1) is 12.8 Å². The van der Waals surface area contributed by atoms with E-state index in [2.05, 4.69) is 71.1 Å². The first kappa shape index (κ1) is 22.5. The van der Waals surface area contributed by atoms with Crippen molar-refractivity contribution in [1.29, 1.82) is 0 Å². The third kappa shape index (κ3) is 5.81. The van der Waals surface area contributed by atoms with E-state index >= 15 is 0 Å². The van der Waals surface area contributed by atoms with Crippen LogP contribution in [-0.4, -0.2) is 17.6 Å². The van der Waals surface area contributed by atoms with E-state index < -0.39 is 0 Å². The van der Waals surface area contributed by atoms with Gasteiger partial charge in [-0.15, -0.1) is 0 Å². The molecule has 2 fully saturated rings. The number of aromatic amines is 1. The molecule has 0 aliphatic heterocycles. The molecule has 0 saturated heterocycles. The van der Waals surface area contributed by atoms with Crippen LogP contribution in [0.25, 0.3) is 10.9 Å². The van der Waals surface area contributed by atoms with Gasteiger partial charge in [-0.1, -0.05) is 75.3 Å². The smallest absolute Gasteiger partial charge is 0.0692 e. The normalized spacial score (nSPS) is 18.7. The summed E-state index contributed by atoms with van der Waals surface area (Å²) < 4.78 is 0. The van der Waals surface area contributed by atoms with Crippen LogP contribution in [0.15, 0.2) is 48.5 Å². The molecule has 5 rings (SSSR count). The molecular weight excluding hydrogens is 402 g/mol. The zero-order valence-electron chi connectivity index (χ0n) is 20.3. The molecule has 33 heavy (non-hydrogen) atoms. The molecule has 0 amide bonds. The van der Waals surface area contributed by atoms with Crippen molar-refractivity contribution in [2.45, 2.75) is 89.6 Å². The fourth-order valence-electron chi connectivity index (χ4n) is 6.09. The third-order valence-corrected chi connectivity index (χ3v) is 7.93. The topological polar surface area (TPSA) is 39.9 Å². The van der Waals surface area contributed by atoms with Gasteiger partial charge in [-0.3, -0.25) is 0 Å². The lowest BCUT2D eigenvalue weighted by molar-refractivity contribution is 0.327. The van der Waals surface area contributed by atoms with E-state index in [4.69, 9.17) is 0 Å². The number of aromatic nitrogens is 1. The second kappa shape index (κ2) is 10.8. The molecule has 0 spiro atoms. The molecule has 0 bridgehead atoms. The molecule has 1 atom stereocenters. The Bertz CT molecular complexity index is 1010. The highest BCUT2D eigenvalue weighted by atomic mass is 15.0. The fourth-order valence-corrected chi connectivity index (χ4v) is 6.09. The van der Waals surface area contributed by atoms with Gasteiger partial charge < -0.3 is 15.6 Å². The number of hydrogen-bond donors (Lipinski definition) is 3. The number of aryl methyl sites for hydroxylation is 1. The summed E-state index contributed by atoms with van der Waals surface area (Å²) in [5, 5.41) is 9.14. The minimum Gasteiger partial charge on any atom is -0.381 e. The quantitative estimate of drug-likeness (QED) is 0.317. The second-order valence-electron chi connectivity index (χ2n) is 10.6. The first-order valence-corrected chi connectivity index (χ1v) is 13.4. The maximum Gasteiger partial charge on any atom is 0.0692 e. The standard InChI is InChI=1S/C30H41N3/c1-22-18-25-21-28(33-30(25)29(19-22)32-26-14-8-9-15-26)27(20-24-12-6-3-7-13-24)31-17-16-23-10-4-2-5-11-23/h3,6-7,12-13,18-19,21,23,26-27,31-33H,2,4-5,8-11,14-17,20H2,1H3/t27-/m1/s1. The van der Waals surface area contributed by atoms with Gasteiger partial charge in [0.25, 0.3) is 0 Å². The van der Waals surface area contributed by atoms with Crippen LogP contribution < -0.4 is 10.6 Å². The van der Waals surface area contributed by atoms with Crippen LogP contribution in [-0.2, 0) is 6.42 Å². The van der Waals surface area contributed by atoms with Crippen LogP contribution in [0.2, 0.25) is 0 Å². The maximum atomic E-state index is 3.95. The number of fused-ring (bicyclic) bond motifs is 1. The molecule has 3 aromatic rings. The monoisotopic (exact) mass is 443 g/mol. The van der Waals surface area contributed by atoms with E-state index in [0.717, 1.165) is 18.9 Å². The molecular formula is C30H41N3. The summed E-state index contributed by atoms with van der Waals surface area (Å²) in [4.78, 5) is 3.85. The lowest BCUT2D eigenvalue weighted by atomic mass is 9.87. The number of anilines is 1. The highest BCUT2D eigenvalue weighted by molar-refractivity contribution is 5.92. The summed E-state index contributed by atoms with van der Waals surface area (Å²) in [6.07, 6.45) is 14.8. The third-order valence-electron chi connectivity index (χ3n) is 7.93. The van der Waals surface area contributed by atoms with E-state index in [-0.39, 0.29) is 0 Å².